The molecule has 0 spiro atoms. The summed E-state index contributed by atoms with van der Waals surface area (Å²) in [5.74, 6) is 0.184. The largest absolute Gasteiger partial charge is 0.385 e. The van der Waals surface area contributed by atoms with Crippen molar-refractivity contribution < 1.29 is 14.3 Å². The molecule has 3 N–H and O–H groups in total. The second-order valence-corrected chi connectivity index (χ2v) is 4.65. The van der Waals surface area contributed by atoms with E-state index in [0.29, 0.717) is 32.5 Å². The molecule has 6 nitrogen and oxygen atoms in total. The summed E-state index contributed by atoms with van der Waals surface area (Å²) in [5, 5.41) is 8.88. The fourth-order valence-corrected chi connectivity index (χ4v) is 1.64. The van der Waals surface area contributed by atoms with Crippen LogP contribution in [0.3, 0.4) is 0 Å². The predicted molar refractivity (Wildman–Crippen MR) is 79.5 cm³/mol. The molecule has 118 valence electrons. The zero-order valence-corrected chi connectivity index (χ0v) is 12.8. The first-order valence-electron chi connectivity index (χ1n) is 7.43. The summed E-state index contributed by atoms with van der Waals surface area (Å²) in [4.78, 5) is 22.6. The van der Waals surface area contributed by atoms with Crippen molar-refractivity contribution >= 4 is 11.8 Å². The highest BCUT2D eigenvalue weighted by Gasteiger charge is 2.00. The fourth-order valence-electron chi connectivity index (χ4n) is 1.64. The van der Waals surface area contributed by atoms with Gasteiger partial charge in [-0.3, -0.25) is 9.59 Å². The normalized spacial score (nSPS) is 10.3. The van der Waals surface area contributed by atoms with Crippen LogP contribution in [0.25, 0.3) is 0 Å². The molecule has 0 atom stereocenters. The minimum absolute atomic E-state index is 0.0825. The Hall–Kier alpha value is -1.14. The monoisotopic (exact) mass is 287 g/mol. The highest BCUT2D eigenvalue weighted by atomic mass is 16.5. The average Bonchev–Trinajstić information content (AvgIpc) is 2.43. The quantitative estimate of drug-likeness (QED) is 0.429. The van der Waals surface area contributed by atoms with Crippen molar-refractivity contribution in [1.29, 1.82) is 0 Å². The summed E-state index contributed by atoms with van der Waals surface area (Å²) in [6.07, 6.45) is 3.64. The molecule has 0 unspecified atom stereocenters. The van der Waals surface area contributed by atoms with Gasteiger partial charge in [0.1, 0.15) is 0 Å². The second kappa shape index (κ2) is 14.3. The highest BCUT2D eigenvalue weighted by molar-refractivity contribution is 5.76. The Morgan fingerprint density at radius 2 is 1.60 bits per heavy atom. The number of amides is 2. The minimum atomic E-state index is 0.0825. The highest BCUT2D eigenvalue weighted by Crippen LogP contribution is 1.88. The lowest BCUT2D eigenvalue weighted by atomic mass is 10.3. The van der Waals surface area contributed by atoms with Crippen molar-refractivity contribution in [2.24, 2.45) is 0 Å². The molecule has 0 saturated heterocycles. The van der Waals surface area contributed by atoms with Crippen molar-refractivity contribution in [3.8, 4) is 0 Å². The van der Waals surface area contributed by atoms with Gasteiger partial charge in [0.25, 0.3) is 0 Å². The van der Waals surface area contributed by atoms with Crippen LogP contribution in [0, 0.1) is 0 Å². The summed E-state index contributed by atoms with van der Waals surface area (Å²) >= 11 is 0. The van der Waals surface area contributed by atoms with E-state index in [-0.39, 0.29) is 11.8 Å². The summed E-state index contributed by atoms with van der Waals surface area (Å²) in [6, 6.07) is 0. The summed E-state index contributed by atoms with van der Waals surface area (Å²) in [6.45, 7) is 5.50. The lowest BCUT2D eigenvalue weighted by molar-refractivity contribution is -0.121. The van der Waals surface area contributed by atoms with E-state index in [4.69, 9.17) is 4.74 Å². The summed E-state index contributed by atoms with van der Waals surface area (Å²) in [5.41, 5.74) is 0. The van der Waals surface area contributed by atoms with Gasteiger partial charge in [0.2, 0.25) is 11.8 Å². The Bertz CT molecular complexity index is 260. The van der Waals surface area contributed by atoms with Gasteiger partial charge in [0.05, 0.1) is 0 Å². The number of carbonyl (C=O) groups excluding carboxylic acids is 2. The van der Waals surface area contributed by atoms with E-state index in [0.717, 1.165) is 32.4 Å². The van der Waals surface area contributed by atoms with Gasteiger partial charge in [0, 0.05) is 46.2 Å². The minimum Gasteiger partial charge on any atom is -0.385 e. The van der Waals surface area contributed by atoms with Gasteiger partial charge >= 0.3 is 0 Å². The van der Waals surface area contributed by atoms with E-state index >= 15 is 0 Å². The van der Waals surface area contributed by atoms with E-state index in [2.05, 4.69) is 16.0 Å². The molecule has 0 aliphatic heterocycles. The van der Waals surface area contributed by atoms with Crippen molar-refractivity contribution in [2.75, 3.05) is 39.9 Å². The molecule has 0 saturated carbocycles. The second-order valence-electron chi connectivity index (χ2n) is 4.65. The maximum absolute atomic E-state index is 11.4. The van der Waals surface area contributed by atoms with E-state index in [1.54, 1.807) is 7.11 Å². The lowest BCUT2D eigenvalue weighted by Gasteiger charge is -2.07. The van der Waals surface area contributed by atoms with E-state index < -0.39 is 0 Å². The number of ether oxygens (including phenoxy) is 1. The molecule has 20 heavy (non-hydrogen) atoms. The smallest absolute Gasteiger partial charge is 0.220 e. The zero-order chi connectivity index (χ0) is 15.1. The third-order valence-electron chi connectivity index (χ3n) is 2.71. The first-order chi connectivity index (χ1) is 9.70. The third kappa shape index (κ3) is 13.3. The predicted octanol–water partition coefficient (Wildman–Crippen LogP) is 0.425. The Labute approximate surface area is 122 Å². The molecule has 6 heteroatoms. The van der Waals surface area contributed by atoms with Crippen LogP contribution in [0.5, 0.6) is 0 Å². The molecule has 0 heterocycles. The summed E-state index contributed by atoms with van der Waals surface area (Å²) in [7, 11) is 1.65. The van der Waals surface area contributed by atoms with Crippen molar-refractivity contribution in [3.05, 3.63) is 0 Å². The maximum atomic E-state index is 11.4. The van der Waals surface area contributed by atoms with E-state index in [1.807, 2.05) is 6.92 Å². The van der Waals surface area contributed by atoms with Gasteiger partial charge in [-0.15, -0.1) is 0 Å². The Kier molecular flexibility index (Phi) is 13.5. The molecule has 0 rings (SSSR count). The van der Waals surface area contributed by atoms with Crippen LogP contribution in [0.2, 0.25) is 0 Å². The molecule has 0 fully saturated rings. The Morgan fingerprint density at radius 3 is 2.30 bits per heavy atom. The van der Waals surface area contributed by atoms with Gasteiger partial charge in [0.15, 0.2) is 0 Å². The zero-order valence-electron chi connectivity index (χ0n) is 12.8. The molecule has 0 aliphatic carbocycles. The van der Waals surface area contributed by atoms with Crippen LogP contribution in [0.4, 0.5) is 0 Å². The van der Waals surface area contributed by atoms with Crippen LogP contribution >= 0.6 is 0 Å². The third-order valence-corrected chi connectivity index (χ3v) is 2.71. The Morgan fingerprint density at radius 1 is 0.900 bits per heavy atom. The van der Waals surface area contributed by atoms with Crippen LogP contribution in [-0.4, -0.2) is 51.7 Å². The number of rotatable bonds is 13. The van der Waals surface area contributed by atoms with Crippen LogP contribution in [0.15, 0.2) is 0 Å². The number of methoxy groups -OCH3 is 1. The van der Waals surface area contributed by atoms with Crippen LogP contribution in [-0.2, 0) is 14.3 Å². The van der Waals surface area contributed by atoms with Crippen molar-refractivity contribution in [3.63, 3.8) is 0 Å². The van der Waals surface area contributed by atoms with Gasteiger partial charge in [-0.05, 0) is 25.8 Å². The lowest BCUT2D eigenvalue weighted by Crippen LogP contribution is -2.32. The molecule has 0 aromatic carbocycles. The standard InChI is InChI=1S/C14H29N3O3/c1-3-6-13(18)17-11-10-15-8-4-7-14(19)16-9-5-12-20-2/h15H,3-12H2,1-2H3,(H,16,19)(H,17,18). The van der Waals surface area contributed by atoms with Crippen LogP contribution < -0.4 is 16.0 Å². The SMILES string of the molecule is CCCC(=O)NCCNCCCC(=O)NCCCOC. The molecule has 0 bridgehead atoms. The molecule has 0 aromatic heterocycles. The first-order valence-corrected chi connectivity index (χ1v) is 7.43. The van der Waals surface area contributed by atoms with E-state index in [9.17, 15) is 9.59 Å². The molecule has 2 amide bonds. The number of hydrogen-bond donors (Lipinski definition) is 3. The number of carbonyl (C=O) groups is 2. The molecule has 0 aromatic rings. The first kappa shape index (κ1) is 18.9. The molecular weight excluding hydrogens is 258 g/mol. The number of nitrogens with one attached hydrogen (secondary N) is 3. The van der Waals surface area contributed by atoms with Gasteiger partial charge < -0.3 is 20.7 Å². The van der Waals surface area contributed by atoms with E-state index in [1.165, 1.54) is 0 Å². The Balaban J connectivity index is 3.23. The molecule has 0 radical (unpaired) electrons. The fraction of sp³-hybridized carbons (Fsp3) is 0.857. The van der Waals surface area contributed by atoms with Gasteiger partial charge in [-0.25, -0.2) is 0 Å². The van der Waals surface area contributed by atoms with Gasteiger partial charge in [-0.2, -0.15) is 0 Å². The van der Waals surface area contributed by atoms with Crippen molar-refractivity contribution in [2.45, 2.75) is 39.0 Å². The van der Waals surface area contributed by atoms with Crippen LogP contribution in [0.1, 0.15) is 39.0 Å². The average molecular weight is 287 g/mol. The summed E-state index contributed by atoms with van der Waals surface area (Å²) < 4.78 is 4.90. The topological polar surface area (TPSA) is 79.5 Å². The van der Waals surface area contributed by atoms with Crippen molar-refractivity contribution in [1.82, 2.24) is 16.0 Å². The maximum Gasteiger partial charge on any atom is 0.220 e. The molecular formula is C14H29N3O3. The van der Waals surface area contributed by atoms with Gasteiger partial charge in [-0.1, -0.05) is 6.92 Å². The molecule has 0 aliphatic rings. The number of hydrogen-bond acceptors (Lipinski definition) is 4.